The third-order valence-electron chi connectivity index (χ3n) is 2.59. The molecule has 1 N–H and O–H groups in total. The molecule has 0 aromatic carbocycles. The van der Waals surface area contributed by atoms with Crippen molar-refractivity contribution in [2.24, 2.45) is 0 Å². The Balaban J connectivity index is 2.17. The number of rotatable bonds is 4. The van der Waals surface area contributed by atoms with Crippen LogP contribution in [0.1, 0.15) is 11.3 Å². The number of aliphatic hydroxyl groups excluding tert-OH is 1. The van der Waals surface area contributed by atoms with Gasteiger partial charge in [0.1, 0.15) is 0 Å². The number of aliphatic hydroxyl groups is 1. The Bertz CT molecular complexity index is 473. The summed E-state index contributed by atoms with van der Waals surface area (Å²) in [5, 5.41) is 9.26. The van der Waals surface area contributed by atoms with Crippen LogP contribution in [-0.4, -0.2) is 22.1 Å². The molecule has 2 aromatic heterocycles. The van der Waals surface area contributed by atoms with Crippen molar-refractivity contribution in [3.8, 4) is 0 Å². The van der Waals surface area contributed by atoms with E-state index in [4.69, 9.17) is 0 Å². The Morgan fingerprint density at radius 1 is 1.24 bits per heavy atom. The highest BCUT2D eigenvalue weighted by molar-refractivity contribution is 5.50. The van der Waals surface area contributed by atoms with Crippen molar-refractivity contribution in [1.82, 2.24) is 9.97 Å². The summed E-state index contributed by atoms with van der Waals surface area (Å²) in [6.07, 6.45) is 5.22. The predicted molar refractivity (Wildman–Crippen MR) is 66.5 cm³/mol. The average molecular weight is 229 g/mol. The first-order valence-electron chi connectivity index (χ1n) is 5.46. The van der Waals surface area contributed by atoms with Gasteiger partial charge in [-0.15, -0.1) is 0 Å². The van der Waals surface area contributed by atoms with E-state index in [-0.39, 0.29) is 6.61 Å². The first-order chi connectivity index (χ1) is 8.31. The lowest BCUT2D eigenvalue weighted by Crippen LogP contribution is -2.18. The first-order valence-corrected chi connectivity index (χ1v) is 5.46. The molecule has 0 bridgehead atoms. The summed E-state index contributed by atoms with van der Waals surface area (Å²) in [7, 11) is 1.96. The molecular weight excluding hydrogens is 214 g/mol. The SMILES string of the molecule is CN(Cc1ccccn1)c1cnccc1CO. The van der Waals surface area contributed by atoms with E-state index >= 15 is 0 Å². The molecule has 2 heterocycles. The number of aromatic nitrogens is 2. The first kappa shape index (κ1) is 11.5. The van der Waals surface area contributed by atoms with Crippen LogP contribution >= 0.6 is 0 Å². The van der Waals surface area contributed by atoms with Gasteiger partial charge in [0, 0.05) is 25.0 Å². The molecule has 2 aromatic rings. The van der Waals surface area contributed by atoms with E-state index in [2.05, 4.69) is 9.97 Å². The van der Waals surface area contributed by atoms with Crippen LogP contribution in [0.5, 0.6) is 0 Å². The van der Waals surface area contributed by atoms with Crippen molar-refractivity contribution in [1.29, 1.82) is 0 Å². The van der Waals surface area contributed by atoms with Gasteiger partial charge < -0.3 is 10.0 Å². The van der Waals surface area contributed by atoms with E-state index in [9.17, 15) is 5.11 Å². The highest BCUT2D eigenvalue weighted by atomic mass is 16.3. The van der Waals surface area contributed by atoms with Crippen molar-refractivity contribution in [2.45, 2.75) is 13.2 Å². The summed E-state index contributed by atoms with van der Waals surface area (Å²) in [4.78, 5) is 10.4. The zero-order valence-electron chi connectivity index (χ0n) is 9.74. The number of hydrogen-bond donors (Lipinski definition) is 1. The molecule has 0 radical (unpaired) electrons. The Morgan fingerprint density at radius 2 is 2.12 bits per heavy atom. The molecule has 2 rings (SSSR count). The molecule has 0 unspecified atom stereocenters. The fraction of sp³-hybridized carbons (Fsp3) is 0.231. The Morgan fingerprint density at radius 3 is 2.82 bits per heavy atom. The van der Waals surface area contributed by atoms with Crippen LogP contribution in [0.4, 0.5) is 5.69 Å². The van der Waals surface area contributed by atoms with E-state index in [1.807, 2.05) is 36.2 Å². The molecule has 88 valence electrons. The van der Waals surface area contributed by atoms with Gasteiger partial charge in [0.15, 0.2) is 0 Å². The third kappa shape index (κ3) is 2.79. The Labute approximate surface area is 101 Å². The summed E-state index contributed by atoms with van der Waals surface area (Å²) in [5.74, 6) is 0. The van der Waals surface area contributed by atoms with Crippen LogP contribution < -0.4 is 4.90 Å². The Kier molecular flexibility index (Phi) is 3.67. The van der Waals surface area contributed by atoms with E-state index in [1.54, 1.807) is 18.6 Å². The van der Waals surface area contributed by atoms with Gasteiger partial charge in [0.2, 0.25) is 0 Å². The minimum Gasteiger partial charge on any atom is -0.392 e. The second kappa shape index (κ2) is 5.41. The second-order valence-electron chi connectivity index (χ2n) is 3.84. The number of hydrogen-bond acceptors (Lipinski definition) is 4. The fourth-order valence-corrected chi connectivity index (χ4v) is 1.71. The molecule has 0 atom stereocenters. The largest absolute Gasteiger partial charge is 0.392 e. The van der Waals surface area contributed by atoms with E-state index in [0.29, 0.717) is 6.54 Å². The molecular formula is C13H15N3O. The van der Waals surface area contributed by atoms with Gasteiger partial charge in [-0.05, 0) is 18.2 Å². The van der Waals surface area contributed by atoms with Crippen LogP contribution in [0, 0.1) is 0 Å². The second-order valence-corrected chi connectivity index (χ2v) is 3.84. The molecule has 4 heteroatoms. The molecule has 17 heavy (non-hydrogen) atoms. The van der Waals surface area contributed by atoms with Crippen molar-refractivity contribution in [3.05, 3.63) is 54.1 Å². The smallest absolute Gasteiger partial charge is 0.0703 e. The van der Waals surface area contributed by atoms with Crippen LogP contribution in [-0.2, 0) is 13.2 Å². The standard InChI is InChI=1S/C13H15N3O/c1-16(9-12-4-2-3-6-15-12)13-8-14-7-5-11(13)10-17/h2-8,17H,9-10H2,1H3. The van der Waals surface area contributed by atoms with Crippen molar-refractivity contribution >= 4 is 5.69 Å². The maximum absolute atomic E-state index is 9.26. The van der Waals surface area contributed by atoms with E-state index < -0.39 is 0 Å². The molecule has 4 nitrogen and oxygen atoms in total. The predicted octanol–water partition coefficient (Wildman–Crippen LogP) is 1.61. The van der Waals surface area contributed by atoms with Gasteiger partial charge in [-0.2, -0.15) is 0 Å². The van der Waals surface area contributed by atoms with Gasteiger partial charge >= 0.3 is 0 Å². The van der Waals surface area contributed by atoms with Gasteiger partial charge in [0.25, 0.3) is 0 Å². The van der Waals surface area contributed by atoms with Crippen molar-refractivity contribution in [3.63, 3.8) is 0 Å². The van der Waals surface area contributed by atoms with Crippen LogP contribution in [0.2, 0.25) is 0 Å². The van der Waals surface area contributed by atoms with Crippen molar-refractivity contribution < 1.29 is 5.11 Å². The summed E-state index contributed by atoms with van der Waals surface area (Å²) in [5.41, 5.74) is 2.79. The van der Waals surface area contributed by atoms with Gasteiger partial charge in [-0.3, -0.25) is 9.97 Å². The number of nitrogens with zero attached hydrogens (tertiary/aromatic N) is 3. The summed E-state index contributed by atoms with van der Waals surface area (Å²) in [6.45, 7) is 0.712. The lowest BCUT2D eigenvalue weighted by Gasteiger charge is -2.20. The van der Waals surface area contributed by atoms with Crippen LogP contribution in [0.3, 0.4) is 0 Å². The molecule has 0 aliphatic carbocycles. The van der Waals surface area contributed by atoms with E-state index in [0.717, 1.165) is 16.9 Å². The molecule has 0 spiro atoms. The Hall–Kier alpha value is -1.94. The quantitative estimate of drug-likeness (QED) is 0.865. The number of pyridine rings is 2. The summed E-state index contributed by atoms with van der Waals surface area (Å²) < 4.78 is 0. The summed E-state index contributed by atoms with van der Waals surface area (Å²) >= 11 is 0. The van der Waals surface area contributed by atoms with Gasteiger partial charge in [0.05, 0.1) is 30.7 Å². The normalized spacial score (nSPS) is 10.2. The van der Waals surface area contributed by atoms with Crippen LogP contribution in [0.25, 0.3) is 0 Å². The number of anilines is 1. The molecule has 0 aliphatic rings. The minimum absolute atomic E-state index is 0.0183. The van der Waals surface area contributed by atoms with Crippen LogP contribution in [0.15, 0.2) is 42.9 Å². The highest BCUT2D eigenvalue weighted by Gasteiger charge is 2.07. The minimum atomic E-state index is 0.0183. The molecule has 0 amide bonds. The maximum atomic E-state index is 9.26. The lowest BCUT2D eigenvalue weighted by molar-refractivity contribution is 0.282. The highest BCUT2D eigenvalue weighted by Crippen LogP contribution is 2.19. The van der Waals surface area contributed by atoms with E-state index in [1.165, 1.54) is 0 Å². The zero-order valence-corrected chi connectivity index (χ0v) is 9.74. The zero-order chi connectivity index (χ0) is 12.1. The van der Waals surface area contributed by atoms with Gasteiger partial charge in [-0.25, -0.2) is 0 Å². The molecule has 0 fully saturated rings. The fourth-order valence-electron chi connectivity index (χ4n) is 1.71. The van der Waals surface area contributed by atoms with Crippen molar-refractivity contribution in [2.75, 3.05) is 11.9 Å². The monoisotopic (exact) mass is 229 g/mol. The molecule has 0 saturated heterocycles. The summed E-state index contributed by atoms with van der Waals surface area (Å²) in [6, 6.07) is 7.66. The molecule has 0 aliphatic heterocycles. The maximum Gasteiger partial charge on any atom is 0.0703 e. The topological polar surface area (TPSA) is 49.2 Å². The van der Waals surface area contributed by atoms with Gasteiger partial charge in [-0.1, -0.05) is 6.07 Å². The molecule has 0 saturated carbocycles. The lowest BCUT2D eigenvalue weighted by atomic mass is 10.2. The third-order valence-corrected chi connectivity index (χ3v) is 2.59. The average Bonchev–Trinajstić information content (AvgIpc) is 2.40.